The van der Waals surface area contributed by atoms with Crippen molar-refractivity contribution < 1.29 is 4.74 Å². The molecule has 1 heterocycles. The summed E-state index contributed by atoms with van der Waals surface area (Å²) in [6.07, 6.45) is 3.56. The highest BCUT2D eigenvalue weighted by Crippen LogP contribution is 2.27. The monoisotopic (exact) mass is 174 g/mol. The van der Waals surface area contributed by atoms with Gasteiger partial charge in [-0.15, -0.1) is 6.58 Å². The zero-order chi connectivity index (χ0) is 9.10. The van der Waals surface area contributed by atoms with Crippen LogP contribution >= 0.6 is 0 Å². The summed E-state index contributed by atoms with van der Waals surface area (Å²) < 4.78 is 5.21. The van der Waals surface area contributed by atoms with E-state index in [0.717, 1.165) is 13.0 Å². The van der Waals surface area contributed by atoms with Crippen molar-refractivity contribution in [1.82, 2.24) is 0 Å². The first-order valence-electron chi connectivity index (χ1n) is 4.69. The fraction of sp³-hybridized carbons (Fsp3) is 0.333. The minimum absolute atomic E-state index is 0.452. The molecule has 1 nitrogen and oxygen atoms in total. The van der Waals surface area contributed by atoms with Crippen molar-refractivity contribution in [3.8, 4) is 0 Å². The molecule has 0 aliphatic carbocycles. The molecule has 2 atom stereocenters. The minimum atomic E-state index is 0.452. The molecule has 13 heavy (non-hydrogen) atoms. The average Bonchev–Trinajstić information content (AvgIpc) is 2.99. The summed E-state index contributed by atoms with van der Waals surface area (Å²) in [6, 6.07) is 10.5. The van der Waals surface area contributed by atoms with Crippen LogP contribution in [0.4, 0.5) is 0 Å². The molecule has 0 radical (unpaired) electrons. The van der Waals surface area contributed by atoms with Crippen LogP contribution in [0.2, 0.25) is 0 Å². The zero-order valence-corrected chi connectivity index (χ0v) is 7.65. The molecule has 1 aromatic rings. The van der Waals surface area contributed by atoms with E-state index in [0.29, 0.717) is 12.0 Å². The highest BCUT2D eigenvalue weighted by Gasteiger charge is 2.25. The average molecular weight is 174 g/mol. The third kappa shape index (κ3) is 2.19. The summed E-state index contributed by atoms with van der Waals surface area (Å²) in [5.74, 6) is 0.452. The number of epoxide rings is 1. The molecule has 2 rings (SSSR count). The predicted octanol–water partition coefficient (Wildman–Crippen LogP) is 2.75. The van der Waals surface area contributed by atoms with Crippen LogP contribution in [0.5, 0.6) is 0 Å². The maximum Gasteiger partial charge on any atom is 0.0818 e. The molecule has 1 aliphatic heterocycles. The first-order valence-corrected chi connectivity index (χ1v) is 4.69. The van der Waals surface area contributed by atoms with Gasteiger partial charge >= 0.3 is 0 Å². The number of allylic oxidation sites excluding steroid dienone is 1. The second kappa shape index (κ2) is 3.75. The first-order chi connectivity index (χ1) is 6.40. The van der Waals surface area contributed by atoms with E-state index in [1.165, 1.54) is 5.56 Å². The highest BCUT2D eigenvalue weighted by atomic mass is 16.6. The summed E-state index contributed by atoms with van der Waals surface area (Å²) in [5.41, 5.74) is 1.34. The zero-order valence-electron chi connectivity index (χ0n) is 7.65. The van der Waals surface area contributed by atoms with Gasteiger partial charge in [-0.2, -0.15) is 0 Å². The van der Waals surface area contributed by atoms with Gasteiger partial charge < -0.3 is 4.74 Å². The minimum Gasteiger partial charge on any atom is -0.373 e. The maximum absolute atomic E-state index is 5.21. The topological polar surface area (TPSA) is 12.5 Å². The van der Waals surface area contributed by atoms with Gasteiger partial charge in [-0.05, 0) is 12.0 Å². The molecule has 68 valence electrons. The molecule has 0 saturated carbocycles. The van der Waals surface area contributed by atoms with E-state index in [4.69, 9.17) is 4.74 Å². The molecule has 1 fully saturated rings. The lowest BCUT2D eigenvalue weighted by molar-refractivity contribution is 0.390. The van der Waals surface area contributed by atoms with E-state index < -0.39 is 0 Å². The molecule has 0 amide bonds. The van der Waals surface area contributed by atoms with Crippen LogP contribution < -0.4 is 0 Å². The number of hydrogen-bond donors (Lipinski definition) is 0. The van der Waals surface area contributed by atoms with Gasteiger partial charge in [-0.25, -0.2) is 0 Å². The fourth-order valence-corrected chi connectivity index (χ4v) is 1.56. The summed E-state index contributed by atoms with van der Waals surface area (Å²) in [6.45, 7) is 4.79. The normalized spacial score (nSPS) is 22.3. The fourth-order valence-electron chi connectivity index (χ4n) is 1.56. The standard InChI is InChI=1S/C12H14O/c1-2-10(8-12-9-13-12)11-6-4-3-5-7-11/h2-7,10,12H,1,8-9H2. The van der Waals surface area contributed by atoms with Crippen LogP contribution in [0.25, 0.3) is 0 Å². The Kier molecular flexibility index (Phi) is 2.46. The van der Waals surface area contributed by atoms with Gasteiger partial charge in [0.05, 0.1) is 12.7 Å². The molecule has 0 spiro atoms. The lowest BCUT2D eigenvalue weighted by Gasteiger charge is -2.10. The first kappa shape index (κ1) is 8.52. The van der Waals surface area contributed by atoms with Crippen LogP contribution in [0.15, 0.2) is 43.0 Å². The van der Waals surface area contributed by atoms with Crippen LogP contribution in [0, 0.1) is 0 Å². The number of rotatable bonds is 4. The largest absolute Gasteiger partial charge is 0.373 e. The Labute approximate surface area is 79.0 Å². The molecule has 1 heteroatoms. The molecular formula is C12H14O. The molecule has 1 aliphatic rings. The number of benzene rings is 1. The van der Waals surface area contributed by atoms with Crippen LogP contribution in [0.3, 0.4) is 0 Å². The third-order valence-corrected chi connectivity index (χ3v) is 2.43. The summed E-state index contributed by atoms with van der Waals surface area (Å²) >= 11 is 0. The quantitative estimate of drug-likeness (QED) is 0.505. The van der Waals surface area contributed by atoms with Crippen molar-refractivity contribution in [2.24, 2.45) is 0 Å². The van der Waals surface area contributed by atoms with Gasteiger partial charge in [0, 0.05) is 5.92 Å². The van der Waals surface area contributed by atoms with E-state index >= 15 is 0 Å². The van der Waals surface area contributed by atoms with E-state index in [1.54, 1.807) is 0 Å². The Morgan fingerprint density at radius 1 is 1.46 bits per heavy atom. The Morgan fingerprint density at radius 3 is 2.69 bits per heavy atom. The molecule has 0 aromatic heterocycles. The molecular weight excluding hydrogens is 160 g/mol. The van der Waals surface area contributed by atoms with Gasteiger partial charge in [0.15, 0.2) is 0 Å². The smallest absolute Gasteiger partial charge is 0.0818 e. The van der Waals surface area contributed by atoms with Gasteiger partial charge in [0.2, 0.25) is 0 Å². The predicted molar refractivity (Wildman–Crippen MR) is 53.7 cm³/mol. The van der Waals surface area contributed by atoms with Gasteiger partial charge in [0.1, 0.15) is 0 Å². The van der Waals surface area contributed by atoms with E-state index in [2.05, 4.69) is 30.8 Å². The number of hydrogen-bond acceptors (Lipinski definition) is 1. The van der Waals surface area contributed by atoms with Crippen LogP contribution in [-0.2, 0) is 4.74 Å². The summed E-state index contributed by atoms with van der Waals surface area (Å²) in [4.78, 5) is 0. The van der Waals surface area contributed by atoms with Crippen molar-refractivity contribution in [2.45, 2.75) is 18.4 Å². The molecule has 1 aromatic carbocycles. The molecule has 0 bridgehead atoms. The lowest BCUT2D eigenvalue weighted by atomic mass is 9.95. The second-order valence-corrected chi connectivity index (χ2v) is 3.44. The van der Waals surface area contributed by atoms with Crippen molar-refractivity contribution in [3.05, 3.63) is 48.6 Å². The van der Waals surface area contributed by atoms with E-state index in [-0.39, 0.29) is 0 Å². The van der Waals surface area contributed by atoms with Crippen molar-refractivity contribution in [1.29, 1.82) is 0 Å². The van der Waals surface area contributed by atoms with Crippen LogP contribution in [0.1, 0.15) is 17.9 Å². The van der Waals surface area contributed by atoms with Crippen molar-refractivity contribution in [2.75, 3.05) is 6.61 Å². The number of ether oxygens (including phenoxy) is 1. The Bertz CT molecular complexity index is 274. The summed E-state index contributed by atoms with van der Waals surface area (Å²) in [5, 5.41) is 0. The van der Waals surface area contributed by atoms with Crippen molar-refractivity contribution in [3.63, 3.8) is 0 Å². The molecule has 0 N–H and O–H groups in total. The third-order valence-electron chi connectivity index (χ3n) is 2.43. The second-order valence-electron chi connectivity index (χ2n) is 3.44. The van der Waals surface area contributed by atoms with E-state index in [1.807, 2.05) is 12.1 Å². The highest BCUT2D eigenvalue weighted by molar-refractivity contribution is 5.23. The summed E-state index contributed by atoms with van der Waals surface area (Å²) in [7, 11) is 0. The Hall–Kier alpha value is -1.08. The lowest BCUT2D eigenvalue weighted by Crippen LogP contribution is -1.98. The van der Waals surface area contributed by atoms with Crippen molar-refractivity contribution >= 4 is 0 Å². The Balaban J connectivity index is 2.06. The Morgan fingerprint density at radius 2 is 2.15 bits per heavy atom. The van der Waals surface area contributed by atoms with Gasteiger partial charge in [-0.1, -0.05) is 36.4 Å². The molecule has 1 saturated heterocycles. The van der Waals surface area contributed by atoms with Gasteiger partial charge in [0.25, 0.3) is 0 Å². The maximum atomic E-state index is 5.21. The van der Waals surface area contributed by atoms with E-state index in [9.17, 15) is 0 Å². The molecule has 2 unspecified atom stereocenters. The SMILES string of the molecule is C=CC(CC1CO1)c1ccccc1. The van der Waals surface area contributed by atoms with Crippen LogP contribution in [-0.4, -0.2) is 12.7 Å². The van der Waals surface area contributed by atoms with Gasteiger partial charge in [-0.3, -0.25) is 0 Å².